The van der Waals surface area contributed by atoms with E-state index in [-0.39, 0.29) is 4.90 Å². The normalized spacial score (nSPS) is 16.2. The van der Waals surface area contributed by atoms with Crippen LogP contribution in [0.25, 0.3) is 17.0 Å². The van der Waals surface area contributed by atoms with Crippen molar-refractivity contribution in [2.75, 3.05) is 0 Å². The van der Waals surface area contributed by atoms with E-state index in [1.165, 1.54) is 16.4 Å². The zero-order chi connectivity index (χ0) is 20.0. The second-order valence-corrected chi connectivity index (χ2v) is 8.77. The molecule has 1 aromatic heterocycles. The quantitative estimate of drug-likeness (QED) is 0.518. The highest BCUT2D eigenvalue weighted by atomic mass is 32.2. The van der Waals surface area contributed by atoms with Gasteiger partial charge in [-0.2, -0.15) is 0 Å². The number of sulfonamides is 1. The summed E-state index contributed by atoms with van der Waals surface area (Å²) < 4.78 is 41.7. The molecule has 1 N–H and O–H groups in total. The zero-order valence-corrected chi connectivity index (χ0v) is 16.1. The fourth-order valence-electron chi connectivity index (χ4n) is 3.86. The lowest BCUT2D eigenvalue weighted by atomic mass is 9.92. The molecule has 3 aromatic carbocycles. The van der Waals surface area contributed by atoms with Crippen molar-refractivity contribution < 1.29 is 12.8 Å². The topological polar surface area (TPSA) is 53.2 Å². The summed E-state index contributed by atoms with van der Waals surface area (Å²) in [6, 6.07) is 19.9. The van der Waals surface area contributed by atoms with Gasteiger partial charge in [-0.15, -0.1) is 0 Å². The molecule has 144 valence electrons. The first-order chi connectivity index (χ1) is 14.1. The molecule has 0 unspecified atom stereocenters. The fraction of sp³-hybridized carbons (Fsp3) is 0.0435. The molecule has 4 nitrogen and oxygen atoms in total. The van der Waals surface area contributed by atoms with Crippen molar-refractivity contribution in [1.29, 1.82) is 0 Å². The van der Waals surface area contributed by atoms with Crippen LogP contribution in [0, 0.1) is 5.82 Å². The Balaban J connectivity index is 1.73. The van der Waals surface area contributed by atoms with E-state index in [0.717, 1.165) is 39.7 Å². The SMILES string of the molecule is O=S(=O)(c1ccc(F)cc1)N1C=Cc2ccccc2[C@@H]1c1c[nH]c2ccccc12. The zero-order valence-electron chi connectivity index (χ0n) is 15.3. The van der Waals surface area contributed by atoms with Gasteiger partial charge in [0.25, 0.3) is 10.0 Å². The van der Waals surface area contributed by atoms with Gasteiger partial charge in [-0.1, -0.05) is 42.5 Å². The molecule has 0 spiro atoms. The number of benzene rings is 3. The minimum atomic E-state index is -3.90. The average molecular weight is 404 g/mol. The Morgan fingerprint density at radius 1 is 0.862 bits per heavy atom. The summed E-state index contributed by atoms with van der Waals surface area (Å²) in [4.78, 5) is 3.29. The Bertz CT molecular complexity index is 1340. The first-order valence-corrected chi connectivity index (χ1v) is 10.6. The highest BCUT2D eigenvalue weighted by Crippen LogP contribution is 2.41. The van der Waals surface area contributed by atoms with Crippen molar-refractivity contribution in [2.24, 2.45) is 0 Å². The van der Waals surface area contributed by atoms with Gasteiger partial charge in [-0.05, 0) is 47.5 Å². The summed E-state index contributed by atoms with van der Waals surface area (Å²) in [5.41, 5.74) is 3.66. The molecule has 1 aliphatic heterocycles. The van der Waals surface area contributed by atoms with Gasteiger partial charge < -0.3 is 4.98 Å². The molecule has 6 heteroatoms. The number of fused-ring (bicyclic) bond motifs is 2. The van der Waals surface area contributed by atoms with Crippen molar-refractivity contribution in [1.82, 2.24) is 9.29 Å². The molecule has 1 aliphatic rings. The molecule has 0 saturated heterocycles. The molecule has 29 heavy (non-hydrogen) atoms. The molecule has 0 aliphatic carbocycles. The number of para-hydroxylation sites is 1. The van der Waals surface area contributed by atoms with Crippen LogP contribution in [-0.4, -0.2) is 17.7 Å². The third kappa shape index (κ3) is 2.84. The second-order valence-electron chi connectivity index (χ2n) is 6.93. The number of hydrogen-bond acceptors (Lipinski definition) is 2. The van der Waals surface area contributed by atoms with Crippen LogP contribution < -0.4 is 0 Å². The minimum absolute atomic E-state index is 0.0489. The van der Waals surface area contributed by atoms with Crippen LogP contribution in [0.15, 0.2) is 90.1 Å². The van der Waals surface area contributed by atoms with Crippen molar-refractivity contribution in [2.45, 2.75) is 10.9 Å². The number of rotatable bonds is 3. The Kier molecular flexibility index (Phi) is 4.03. The number of H-pyrrole nitrogens is 1. The first kappa shape index (κ1) is 17.7. The fourth-order valence-corrected chi connectivity index (χ4v) is 5.31. The van der Waals surface area contributed by atoms with Gasteiger partial charge in [0.1, 0.15) is 5.82 Å². The van der Waals surface area contributed by atoms with Gasteiger partial charge in [0.2, 0.25) is 0 Å². The maximum Gasteiger partial charge on any atom is 0.264 e. The molecule has 0 saturated carbocycles. The van der Waals surface area contributed by atoms with Gasteiger partial charge >= 0.3 is 0 Å². The van der Waals surface area contributed by atoms with E-state index in [2.05, 4.69) is 4.98 Å². The number of aromatic amines is 1. The van der Waals surface area contributed by atoms with Gasteiger partial charge in [0.05, 0.1) is 10.9 Å². The Morgan fingerprint density at radius 2 is 1.59 bits per heavy atom. The average Bonchev–Trinajstić information content (AvgIpc) is 3.17. The van der Waals surface area contributed by atoms with Crippen LogP contribution >= 0.6 is 0 Å². The summed E-state index contributed by atoms with van der Waals surface area (Å²) in [6.45, 7) is 0. The highest BCUT2D eigenvalue weighted by molar-refractivity contribution is 7.89. The van der Waals surface area contributed by atoms with Crippen LogP contribution in [0.5, 0.6) is 0 Å². The maximum atomic E-state index is 13.5. The molecule has 0 amide bonds. The standard InChI is InChI=1S/C23H17FN2O2S/c24-17-9-11-18(12-10-17)29(27,28)26-14-13-16-5-1-2-6-19(16)23(26)21-15-25-22-8-4-3-7-20(21)22/h1-15,23,25H/t23-/m1/s1. The summed E-state index contributed by atoms with van der Waals surface area (Å²) >= 11 is 0. The molecule has 0 radical (unpaired) electrons. The van der Waals surface area contributed by atoms with Crippen LogP contribution in [0.2, 0.25) is 0 Å². The summed E-state index contributed by atoms with van der Waals surface area (Å²) in [7, 11) is -3.90. The molecule has 0 fully saturated rings. The van der Waals surface area contributed by atoms with E-state index >= 15 is 0 Å². The van der Waals surface area contributed by atoms with E-state index in [1.54, 1.807) is 12.3 Å². The maximum absolute atomic E-state index is 13.5. The van der Waals surface area contributed by atoms with Crippen LogP contribution in [-0.2, 0) is 10.0 Å². The lowest BCUT2D eigenvalue weighted by molar-refractivity contribution is 0.448. The van der Waals surface area contributed by atoms with Crippen LogP contribution in [0.3, 0.4) is 0 Å². The molecule has 5 rings (SSSR count). The predicted octanol–water partition coefficient (Wildman–Crippen LogP) is 5.07. The summed E-state index contributed by atoms with van der Waals surface area (Å²) in [6.07, 6.45) is 5.24. The first-order valence-electron chi connectivity index (χ1n) is 9.18. The van der Waals surface area contributed by atoms with Crippen molar-refractivity contribution in [3.63, 3.8) is 0 Å². The predicted molar refractivity (Wildman–Crippen MR) is 111 cm³/mol. The Hall–Kier alpha value is -3.38. The molecule has 4 aromatic rings. The van der Waals surface area contributed by atoms with E-state index in [4.69, 9.17) is 0 Å². The number of aromatic nitrogens is 1. The Labute approximate surface area is 168 Å². The third-order valence-electron chi connectivity index (χ3n) is 5.25. The van der Waals surface area contributed by atoms with Gasteiger partial charge in [-0.3, -0.25) is 4.31 Å². The number of nitrogens with zero attached hydrogens (tertiary/aromatic N) is 1. The summed E-state index contributed by atoms with van der Waals surface area (Å²) in [5.74, 6) is -0.475. The van der Waals surface area contributed by atoms with Crippen molar-refractivity contribution in [3.05, 3.63) is 108 Å². The smallest absolute Gasteiger partial charge is 0.264 e. The summed E-state index contributed by atoms with van der Waals surface area (Å²) in [5, 5.41) is 0.960. The lowest BCUT2D eigenvalue weighted by Gasteiger charge is -2.34. The Morgan fingerprint density at radius 3 is 2.41 bits per heavy atom. The van der Waals surface area contributed by atoms with Crippen LogP contribution in [0.1, 0.15) is 22.7 Å². The molecule has 2 heterocycles. The molecular formula is C23H17FN2O2S. The molecule has 1 atom stereocenters. The number of halogens is 1. The van der Waals surface area contributed by atoms with E-state index in [1.807, 2.05) is 54.7 Å². The van der Waals surface area contributed by atoms with Gasteiger partial charge in [0, 0.05) is 28.9 Å². The highest BCUT2D eigenvalue weighted by Gasteiger charge is 2.35. The van der Waals surface area contributed by atoms with E-state index < -0.39 is 21.9 Å². The lowest BCUT2D eigenvalue weighted by Crippen LogP contribution is -2.33. The monoisotopic (exact) mass is 404 g/mol. The van der Waals surface area contributed by atoms with Crippen molar-refractivity contribution in [3.8, 4) is 0 Å². The third-order valence-corrected chi connectivity index (χ3v) is 7.01. The minimum Gasteiger partial charge on any atom is -0.361 e. The second kappa shape index (κ2) is 6.60. The molecule has 0 bridgehead atoms. The van der Waals surface area contributed by atoms with Gasteiger partial charge in [0.15, 0.2) is 0 Å². The number of nitrogens with one attached hydrogen (secondary N) is 1. The number of hydrogen-bond donors (Lipinski definition) is 1. The van der Waals surface area contributed by atoms with Crippen molar-refractivity contribution >= 4 is 27.0 Å². The largest absolute Gasteiger partial charge is 0.361 e. The van der Waals surface area contributed by atoms with Gasteiger partial charge in [-0.25, -0.2) is 12.8 Å². The molecular weight excluding hydrogens is 387 g/mol. The van der Waals surface area contributed by atoms with Crippen LogP contribution in [0.4, 0.5) is 4.39 Å². The van der Waals surface area contributed by atoms with E-state index in [0.29, 0.717) is 0 Å². The van der Waals surface area contributed by atoms with E-state index in [9.17, 15) is 12.8 Å².